The van der Waals surface area contributed by atoms with Gasteiger partial charge in [-0.3, -0.25) is 4.89 Å². The van der Waals surface area contributed by atoms with Crippen LogP contribution < -0.4 is 0 Å². The quantitative estimate of drug-likeness (QED) is 0.449. The van der Waals surface area contributed by atoms with Crippen molar-refractivity contribution in [1.29, 1.82) is 0 Å². The van der Waals surface area contributed by atoms with Crippen molar-refractivity contribution in [3.63, 3.8) is 0 Å². The monoisotopic (exact) mass is 274 g/mol. The van der Waals surface area contributed by atoms with E-state index in [0.717, 1.165) is 6.92 Å². The third-order valence-corrected chi connectivity index (χ3v) is 1.29. The Kier molecular flexibility index (Phi) is 4.71. The molecule has 0 aliphatic heterocycles. The number of carbonyl (C=O) groups excluding carboxylic acids is 1. The minimum atomic E-state index is -6.45. The molecule has 0 aromatic heterocycles. The van der Waals surface area contributed by atoms with Crippen LogP contribution in [0.4, 0.5) is 30.7 Å². The molecule has 0 fully saturated rings. The van der Waals surface area contributed by atoms with Gasteiger partial charge in [-0.1, -0.05) is 6.92 Å². The van der Waals surface area contributed by atoms with E-state index >= 15 is 0 Å². The minimum absolute atomic E-state index is 0.430. The fourth-order valence-corrected chi connectivity index (χ4v) is 0.416. The smallest absolute Gasteiger partial charge is 0.269 e. The lowest BCUT2D eigenvalue weighted by Crippen LogP contribution is -2.55. The van der Waals surface area contributed by atoms with Crippen molar-refractivity contribution in [2.75, 3.05) is 0 Å². The topological polar surface area (TPSA) is 44.8 Å². The van der Waals surface area contributed by atoms with Crippen molar-refractivity contribution in [3.8, 4) is 0 Å². The molecule has 0 rings (SSSR count). The molecule has 0 amide bonds. The van der Waals surface area contributed by atoms with Crippen LogP contribution in [0, 0.1) is 0 Å². The van der Waals surface area contributed by atoms with Crippen LogP contribution in [0.2, 0.25) is 0 Å². The summed E-state index contributed by atoms with van der Waals surface area (Å²) < 4.78 is 83.2. The number of hydrogen-bond donors (Lipinski definition) is 0. The predicted molar refractivity (Wildman–Crippen MR) is 34.5 cm³/mol. The summed E-state index contributed by atoms with van der Waals surface area (Å²) >= 11 is 0. The highest BCUT2D eigenvalue weighted by Gasteiger charge is 2.76. The van der Waals surface area contributed by atoms with Crippen molar-refractivity contribution in [2.45, 2.75) is 31.6 Å². The molecule has 0 bridgehead atoms. The number of rotatable bonds is 4. The second-order valence-electron chi connectivity index (χ2n) is 2.55. The Balaban J connectivity index is 4.71. The van der Waals surface area contributed by atoms with Gasteiger partial charge in [0.25, 0.3) is 0 Å². The van der Waals surface area contributed by atoms with Gasteiger partial charge in [-0.2, -0.15) is 30.7 Å². The van der Waals surface area contributed by atoms with Gasteiger partial charge in [0.2, 0.25) is 0 Å². The molecule has 0 aromatic rings. The Morgan fingerprint density at radius 2 is 1.41 bits per heavy atom. The van der Waals surface area contributed by atoms with E-state index in [1.807, 2.05) is 0 Å². The van der Waals surface area contributed by atoms with Gasteiger partial charge in [-0.05, 0) is 5.04 Å². The molecule has 0 radical (unpaired) electrons. The summed E-state index contributed by atoms with van der Waals surface area (Å²) in [6.45, 7) is 1.15. The van der Waals surface area contributed by atoms with Gasteiger partial charge in [-0.15, -0.1) is 4.89 Å². The molecule has 4 nitrogen and oxygen atoms in total. The highest BCUT2D eigenvalue weighted by atomic mass is 19.4. The second kappa shape index (κ2) is 5.04. The Morgan fingerprint density at radius 1 is 1.00 bits per heavy atom. The predicted octanol–water partition coefficient (Wildman–Crippen LogP) is 2.59. The lowest BCUT2D eigenvalue weighted by Gasteiger charge is -2.26. The molecule has 0 aromatic carbocycles. The maximum atomic E-state index is 12.6. The van der Waals surface area contributed by atoms with E-state index in [-0.39, 0.29) is 0 Å². The molecule has 0 atom stereocenters. The van der Waals surface area contributed by atoms with Crippen molar-refractivity contribution in [1.82, 2.24) is 0 Å². The van der Waals surface area contributed by atoms with Gasteiger partial charge >= 0.3 is 24.2 Å². The first-order valence-corrected chi connectivity index (χ1v) is 3.83. The summed E-state index contributed by atoms with van der Waals surface area (Å²) in [4.78, 5) is 16.0. The van der Waals surface area contributed by atoms with Crippen molar-refractivity contribution >= 4 is 5.97 Å². The summed E-state index contributed by atoms with van der Waals surface area (Å²) in [6.07, 6.45) is -13.3. The van der Waals surface area contributed by atoms with E-state index in [2.05, 4.69) is 14.8 Å². The van der Waals surface area contributed by atoms with Crippen molar-refractivity contribution in [2.24, 2.45) is 0 Å². The van der Waals surface area contributed by atoms with Gasteiger partial charge in [0.15, 0.2) is 0 Å². The summed E-state index contributed by atoms with van der Waals surface area (Å²) in [6, 6.07) is 0. The molecule has 102 valence electrons. The van der Waals surface area contributed by atoms with Crippen LogP contribution in [0.5, 0.6) is 0 Å². The van der Waals surface area contributed by atoms with Crippen molar-refractivity contribution < 1.29 is 50.3 Å². The molecule has 0 saturated heterocycles. The first-order chi connectivity index (χ1) is 7.45. The van der Waals surface area contributed by atoms with E-state index in [4.69, 9.17) is 0 Å². The first-order valence-electron chi connectivity index (χ1n) is 3.83. The van der Waals surface area contributed by atoms with E-state index in [1.165, 1.54) is 0 Å². The minimum Gasteiger partial charge on any atom is -0.269 e. The zero-order valence-corrected chi connectivity index (χ0v) is 7.99. The summed E-state index contributed by atoms with van der Waals surface area (Å²) in [5.41, 5.74) is 0. The van der Waals surface area contributed by atoms with Crippen molar-refractivity contribution in [3.05, 3.63) is 0 Å². The second-order valence-corrected chi connectivity index (χ2v) is 2.55. The average Bonchev–Trinajstić information content (AvgIpc) is 2.13. The number of alkyl halides is 7. The van der Waals surface area contributed by atoms with Gasteiger partial charge in [-0.25, -0.2) is 4.79 Å². The zero-order valence-electron chi connectivity index (χ0n) is 7.99. The lowest BCUT2D eigenvalue weighted by molar-refractivity contribution is -0.597. The fourth-order valence-electron chi connectivity index (χ4n) is 0.416. The highest BCUT2D eigenvalue weighted by molar-refractivity contribution is 5.68. The van der Waals surface area contributed by atoms with Crippen LogP contribution >= 0.6 is 0 Å². The van der Waals surface area contributed by atoms with Crippen LogP contribution in [-0.4, -0.2) is 24.2 Å². The molecule has 0 N–H and O–H groups in total. The number of hydrogen-bond acceptors (Lipinski definition) is 4. The fraction of sp³-hybridized carbons (Fsp3) is 0.833. The van der Waals surface area contributed by atoms with Gasteiger partial charge in [0.05, 0.1) is 0 Å². The molecule has 0 aliphatic rings. The SMILES string of the molecule is CCC(=O)OOOC(F)(C(F)(F)F)C(F)(F)F. The molecule has 0 unspecified atom stereocenters. The third-order valence-electron chi connectivity index (χ3n) is 1.29. The Morgan fingerprint density at radius 3 is 1.71 bits per heavy atom. The van der Waals surface area contributed by atoms with E-state index in [0.29, 0.717) is 0 Å². The van der Waals surface area contributed by atoms with E-state index in [9.17, 15) is 35.5 Å². The van der Waals surface area contributed by atoms with E-state index < -0.39 is 30.6 Å². The van der Waals surface area contributed by atoms with Crippen LogP contribution in [0.25, 0.3) is 0 Å². The maximum Gasteiger partial charge on any atom is 0.461 e. The number of carbonyl (C=O) groups is 1. The van der Waals surface area contributed by atoms with E-state index in [1.54, 1.807) is 0 Å². The molecule has 0 heterocycles. The Bertz CT molecular complexity index is 257. The molecular formula is C6H5F7O4. The molecule has 0 aliphatic carbocycles. The van der Waals surface area contributed by atoms with Gasteiger partial charge in [0.1, 0.15) is 0 Å². The van der Waals surface area contributed by atoms with Crippen LogP contribution in [0.1, 0.15) is 13.3 Å². The highest BCUT2D eigenvalue weighted by Crippen LogP contribution is 2.47. The third kappa shape index (κ3) is 3.70. The summed E-state index contributed by atoms with van der Waals surface area (Å²) in [7, 11) is 0. The van der Waals surface area contributed by atoms with Crippen LogP contribution in [0.15, 0.2) is 0 Å². The molecule has 0 spiro atoms. The standard InChI is InChI=1S/C6H5F7O4/c1-2-3(14)15-17-16-4(7,5(8,9)10)6(11,12)13/h2H2,1H3. The number of halogens is 7. The normalized spacial score (nSPS) is 13.6. The molecule has 11 heteroatoms. The van der Waals surface area contributed by atoms with Gasteiger partial charge in [0, 0.05) is 6.42 Å². The zero-order chi connectivity index (χ0) is 13.9. The van der Waals surface area contributed by atoms with Crippen LogP contribution in [0.3, 0.4) is 0 Å². The van der Waals surface area contributed by atoms with Gasteiger partial charge < -0.3 is 0 Å². The first kappa shape index (κ1) is 15.9. The summed E-state index contributed by atoms with van der Waals surface area (Å²) in [5.74, 6) is -7.44. The molecule has 17 heavy (non-hydrogen) atoms. The molecular weight excluding hydrogens is 269 g/mol. The Labute approximate surface area is 89.1 Å². The molecule has 0 saturated carbocycles. The van der Waals surface area contributed by atoms with Crippen LogP contribution in [-0.2, 0) is 19.6 Å². The largest absolute Gasteiger partial charge is 0.461 e. The Hall–Kier alpha value is -1.10. The average molecular weight is 274 g/mol. The summed E-state index contributed by atoms with van der Waals surface area (Å²) in [5, 5.41) is 2.84. The lowest BCUT2D eigenvalue weighted by atomic mass is 10.3. The maximum absolute atomic E-state index is 12.6.